The van der Waals surface area contributed by atoms with Crippen LogP contribution in [0.15, 0.2) is 28.7 Å². The normalized spacial score (nSPS) is 15.0. The van der Waals surface area contributed by atoms with Crippen LogP contribution in [0.5, 0.6) is 11.5 Å². The van der Waals surface area contributed by atoms with Gasteiger partial charge in [-0.1, -0.05) is 6.07 Å². The average Bonchev–Trinajstić information content (AvgIpc) is 2.91. The van der Waals surface area contributed by atoms with E-state index in [1.165, 1.54) is 0 Å². The Balaban J connectivity index is 2.09. The average molecular weight is 333 g/mol. The lowest BCUT2D eigenvalue weighted by atomic mass is 9.95. The zero-order valence-electron chi connectivity index (χ0n) is 15.3. The van der Waals surface area contributed by atoms with Gasteiger partial charge >= 0.3 is 0 Å². The van der Waals surface area contributed by atoms with Crippen LogP contribution in [-0.2, 0) is 5.60 Å². The molecular weight excluding hydrogens is 306 g/mol. The quantitative estimate of drug-likeness (QED) is 0.812. The SMILES string of the molecule is COc1ccc(C(C)NCC(C)(O)c2cc(C)oc2C)cc1OC. The second-order valence-electron chi connectivity index (χ2n) is 6.32. The summed E-state index contributed by atoms with van der Waals surface area (Å²) in [6.45, 7) is 7.99. The minimum Gasteiger partial charge on any atom is -0.493 e. The van der Waals surface area contributed by atoms with E-state index in [1.807, 2.05) is 45.0 Å². The van der Waals surface area contributed by atoms with Crippen LogP contribution in [0.2, 0.25) is 0 Å². The van der Waals surface area contributed by atoms with Crippen LogP contribution < -0.4 is 14.8 Å². The Morgan fingerprint density at radius 3 is 2.38 bits per heavy atom. The molecule has 0 radical (unpaired) electrons. The van der Waals surface area contributed by atoms with Crippen molar-refractivity contribution in [3.05, 3.63) is 46.9 Å². The van der Waals surface area contributed by atoms with Gasteiger partial charge in [0, 0.05) is 18.2 Å². The molecule has 0 amide bonds. The Kier molecular flexibility index (Phi) is 5.57. The third-order valence-corrected chi connectivity index (χ3v) is 4.28. The Labute approximate surface area is 143 Å². The van der Waals surface area contributed by atoms with E-state index in [4.69, 9.17) is 13.9 Å². The van der Waals surface area contributed by atoms with Crippen LogP contribution >= 0.6 is 0 Å². The molecular formula is C19H27NO4. The fourth-order valence-electron chi connectivity index (χ4n) is 2.85. The number of nitrogens with one attached hydrogen (secondary N) is 1. The van der Waals surface area contributed by atoms with Gasteiger partial charge in [-0.3, -0.25) is 0 Å². The van der Waals surface area contributed by atoms with Crippen molar-refractivity contribution in [2.24, 2.45) is 0 Å². The van der Waals surface area contributed by atoms with Gasteiger partial charge in [0.1, 0.15) is 17.1 Å². The molecule has 132 valence electrons. The molecule has 2 unspecified atom stereocenters. The van der Waals surface area contributed by atoms with E-state index >= 15 is 0 Å². The summed E-state index contributed by atoms with van der Waals surface area (Å²) in [6, 6.07) is 7.75. The number of benzene rings is 1. The maximum Gasteiger partial charge on any atom is 0.161 e. The van der Waals surface area contributed by atoms with Crippen molar-refractivity contribution in [1.82, 2.24) is 5.32 Å². The smallest absolute Gasteiger partial charge is 0.161 e. The number of aryl methyl sites for hydroxylation is 2. The standard InChI is InChI=1S/C19H27NO4/c1-12-9-16(14(3)24-12)19(4,21)11-20-13(2)15-7-8-17(22-5)18(10-15)23-6/h7-10,13,20-21H,11H2,1-6H3. The van der Waals surface area contributed by atoms with Gasteiger partial charge in [-0.2, -0.15) is 0 Å². The van der Waals surface area contributed by atoms with E-state index in [0.717, 1.165) is 22.6 Å². The van der Waals surface area contributed by atoms with Crippen LogP contribution in [0, 0.1) is 13.8 Å². The lowest BCUT2D eigenvalue weighted by molar-refractivity contribution is 0.0529. The minimum atomic E-state index is -1.01. The molecule has 2 atom stereocenters. The van der Waals surface area contributed by atoms with Crippen LogP contribution in [-0.4, -0.2) is 25.9 Å². The maximum atomic E-state index is 10.8. The molecule has 1 aromatic heterocycles. The second-order valence-corrected chi connectivity index (χ2v) is 6.32. The first kappa shape index (κ1) is 18.4. The lowest BCUT2D eigenvalue weighted by Gasteiger charge is -2.26. The molecule has 5 heteroatoms. The topological polar surface area (TPSA) is 63.9 Å². The third kappa shape index (κ3) is 3.91. The highest BCUT2D eigenvalue weighted by atomic mass is 16.5. The monoisotopic (exact) mass is 333 g/mol. The first-order valence-corrected chi connectivity index (χ1v) is 8.03. The second kappa shape index (κ2) is 7.28. The molecule has 0 aliphatic carbocycles. The third-order valence-electron chi connectivity index (χ3n) is 4.28. The highest BCUT2D eigenvalue weighted by Crippen LogP contribution is 2.31. The van der Waals surface area contributed by atoms with Crippen LogP contribution in [0.4, 0.5) is 0 Å². The Hall–Kier alpha value is -1.98. The zero-order valence-corrected chi connectivity index (χ0v) is 15.3. The number of hydrogen-bond donors (Lipinski definition) is 2. The predicted molar refractivity (Wildman–Crippen MR) is 93.7 cm³/mol. The summed E-state index contributed by atoms with van der Waals surface area (Å²) < 4.78 is 16.1. The molecule has 0 spiro atoms. The van der Waals surface area contributed by atoms with E-state index in [2.05, 4.69) is 5.32 Å². The van der Waals surface area contributed by atoms with Gasteiger partial charge in [0.05, 0.1) is 14.2 Å². The number of methoxy groups -OCH3 is 2. The van der Waals surface area contributed by atoms with Gasteiger partial charge in [-0.15, -0.1) is 0 Å². The number of ether oxygens (including phenoxy) is 2. The number of aliphatic hydroxyl groups is 1. The van der Waals surface area contributed by atoms with Crippen molar-refractivity contribution in [3.63, 3.8) is 0 Å². The van der Waals surface area contributed by atoms with Crippen molar-refractivity contribution in [3.8, 4) is 11.5 Å². The first-order valence-electron chi connectivity index (χ1n) is 8.03. The molecule has 0 aliphatic heterocycles. The molecule has 24 heavy (non-hydrogen) atoms. The fraction of sp³-hybridized carbons (Fsp3) is 0.474. The van der Waals surface area contributed by atoms with Crippen LogP contribution in [0.3, 0.4) is 0 Å². The molecule has 2 rings (SSSR count). The van der Waals surface area contributed by atoms with Crippen molar-refractivity contribution in [2.75, 3.05) is 20.8 Å². The van der Waals surface area contributed by atoms with Crippen molar-refractivity contribution in [1.29, 1.82) is 0 Å². The predicted octanol–water partition coefficient (Wildman–Crippen LogP) is 3.47. The highest BCUT2D eigenvalue weighted by molar-refractivity contribution is 5.43. The van der Waals surface area contributed by atoms with E-state index in [0.29, 0.717) is 18.0 Å². The number of furan rings is 1. The minimum absolute atomic E-state index is 0.0459. The Morgan fingerprint density at radius 2 is 1.83 bits per heavy atom. The van der Waals surface area contributed by atoms with Gasteiger partial charge in [0.2, 0.25) is 0 Å². The lowest BCUT2D eigenvalue weighted by Crippen LogP contribution is -2.36. The van der Waals surface area contributed by atoms with E-state index in [1.54, 1.807) is 21.1 Å². The molecule has 0 fully saturated rings. The van der Waals surface area contributed by atoms with Gasteiger partial charge in [0.25, 0.3) is 0 Å². The molecule has 2 N–H and O–H groups in total. The summed E-state index contributed by atoms with van der Waals surface area (Å²) in [6.07, 6.45) is 0. The molecule has 1 heterocycles. The summed E-state index contributed by atoms with van der Waals surface area (Å²) in [4.78, 5) is 0. The molecule has 5 nitrogen and oxygen atoms in total. The fourth-order valence-corrected chi connectivity index (χ4v) is 2.85. The van der Waals surface area contributed by atoms with Gasteiger partial charge < -0.3 is 24.3 Å². The molecule has 1 aromatic carbocycles. The van der Waals surface area contributed by atoms with Gasteiger partial charge in [0.15, 0.2) is 11.5 Å². The van der Waals surface area contributed by atoms with E-state index in [-0.39, 0.29) is 6.04 Å². The van der Waals surface area contributed by atoms with Crippen LogP contribution in [0.1, 0.15) is 42.5 Å². The molecule has 0 saturated heterocycles. The van der Waals surface area contributed by atoms with Crippen molar-refractivity contribution in [2.45, 2.75) is 39.3 Å². The molecule has 0 bridgehead atoms. The number of hydrogen-bond acceptors (Lipinski definition) is 5. The summed E-state index contributed by atoms with van der Waals surface area (Å²) in [7, 11) is 3.24. The Bertz CT molecular complexity index is 691. The molecule has 2 aromatic rings. The van der Waals surface area contributed by atoms with Crippen molar-refractivity contribution >= 4 is 0 Å². The van der Waals surface area contributed by atoms with Crippen molar-refractivity contribution < 1.29 is 19.0 Å². The Morgan fingerprint density at radius 1 is 1.17 bits per heavy atom. The summed E-state index contributed by atoms with van der Waals surface area (Å²) in [5, 5.41) is 14.2. The summed E-state index contributed by atoms with van der Waals surface area (Å²) in [5.41, 5.74) is 0.864. The molecule has 0 saturated carbocycles. The van der Waals surface area contributed by atoms with Gasteiger partial charge in [-0.05, 0) is 51.5 Å². The zero-order chi connectivity index (χ0) is 17.9. The first-order chi connectivity index (χ1) is 11.3. The molecule has 0 aliphatic rings. The van der Waals surface area contributed by atoms with Gasteiger partial charge in [-0.25, -0.2) is 0 Å². The van der Waals surface area contributed by atoms with Crippen LogP contribution in [0.25, 0.3) is 0 Å². The maximum absolute atomic E-state index is 10.8. The van der Waals surface area contributed by atoms with E-state index < -0.39 is 5.60 Å². The largest absolute Gasteiger partial charge is 0.493 e. The highest BCUT2D eigenvalue weighted by Gasteiger charge is 2.28. The summed E-state index contributed by atoms with van der Waals surface area (Å²) >= 11 is 0. The number of rotatable bonds is 7. The van der Waals surface area contributed by atoms with E-state index in [9.17, 15) is 5.11 Å². The summed E-state index contributed by atoms with van der Waals surface area (Å²) in [5.74, 6) is 2.94.